The summed E-state index contributed by atoms with van der Waals surface area (Å²) in [4.78, 5) is 4.79. The fourth-order valence-electron chi connectivity index (χ4n) is 4.37. The molecule has 2 aromatic heterocycles. The molecule has 2 nitrogen and oxygen atoms in total. The number of nitrogens with zero attached hydrogens (tertiary/aromatic N) is 2. The van der Waals surface area contributed by atoms with Gasteiger partial charge >= 0.3 is 0 Å². The van der Waals surface area contributed by atoms with E-state index >= 15 is 0 Å². The Labute approximate surface area is 130 Å². The first kappa shape index (κ1) is 16.3. The summed E-state index contributed by atoms with van der Waals surface area (Å²) in [5, 5.41) is 1.29. The van der Waals surface area contributed by atoms with Crippen LogP contribution in [0.5, 0.6) is 0 Å². The van der Waals surface area contributed by atoms with Crippen molar-refractivity contribution in [2.24, 2.45) is 0 Å². The van der Waals surface area contributed by atoms with Crippen molar-refractivity contribution in [3.63, 3.8) is 0 Å². The van der Waals surface area contributed by atoms with E-state index in [2.05, 4.69) is 71.0 Å². The number of aryl methyl sites for hydroxylation is 1. The van der Waals surface area contributed by atoms with Crippen LogP contribution in [-0.4, -0.2) is 17.5 Å². The summed E-state index contributed by atoms with van der Waals surface area (Å²) in [7, 11) is -1.71. The van der Waals surface area contributed by atoms with E-state index in [0.717, 1.165) is 5.54 Å². The van der Waals surface area contributed by atoms with Crippen molar-refractivity contribution in [1.82, 2.24) is 9.22 Å². The first-order valence-corrected chi connectivity index (χ1v) is 10.5. The molecule has 0 saturated carbocycles. The van der Waals surface area contributed by atoms with E-state index in [1.54, 1.807) is 0 Å². The Bertz CT molecular complexity index is 605. The predicted molar refractivity (Wildman–Crippen MR) is 95.5 cm³/mol. The van der Waals surface area contributed by atoms with Crippen molar-refractivity contribution < 1.29 is 0 Å². The maximum Gasteiger partial charge on any atom is 0.171 e. The van der Waals surface area contributed by atoms with E-state index in [-0.39, 0.29) is 0 Å². The standard InChI is InChI=1S/C18H30N2Si/c1-8-16(7)21(13(2)3,14(4)5)20-10-9-17-11-15(6)12-19-18(17)20/h9-14,16H,8H2,1-7H3. The van der Waals surface area contributed by atoms with Gasteiger partial charge in [-0.1, -0.05) is 48.0 Å². The average Bonchev–Trinajstić information content (AvgIpc) is 2.81. The Balaban J connectivity index is 2.75. The van der Waals surface area contributed by atoms with Crippen LogP contribution in [0.4, 0.5) is 0 Å². The number of rotatable bonds is 5. The molecule has 0 amide bonds. The third kappa shape index (κ3) is 2.46. The van der Waals surface area contributed by atoms with Crippen molar-refractivity contribution in [3.8, 4) is 0 Å². The number of pyridine rings is 1. The van der Waals surface area contributed by atoms with Gasteiger partial charge in [0.05, 0.1) is 0 Å². The van der Waals surface area contributed by atoms with Gasteiger partial charge in [0.1, 0.15) is 5.65 Å². The highest BCUT2D eigenvalue weighted by atomic mass is 28.3. The molecule has 0 aromatic carbocycles. The summed E-state index contributed by atoms with van der Waals surface area (Å²) >= 11 is 0. The van der Waals surface area contributed by atoms with Crippen molar-refractivity contribution in [2.45, 2.75) is 71.5 Å². The second-order valence-corrected chi connectivity index (χ2v) is 12.7. The minimum absolute atomic E-state index is 0.700. The van der Waals surface area contributed by atoms with Crippen LogP contribution >= 0.6 is 0 Å². The van der Waals surface area contributed by atoms with Gasteiger partial charge in [-0.05, 0) is 47.4 Å². The molecule has 2 aromatic rings. The van der Waals surface area contributed by atoms with Gasteiger partial charge in [0, 0.05) is 11.6 Å². The minimum Gasteiger partial charge on any atom is -0.359 e. The van der Waals surface area contributed by atoms with Crippen LogP contribution < -0.4 is 0 Å². The Morgan fingerprint density at radius 3 is 2.29 bits per heavy atom. The molecule has 0 aliphatic rings. The molecule has 1 unspecified atom stereocenters. The third-order valence-corrected chi connectivity index (χ3v) is 12.2. The number of aromatic nitrogens is 2. The van der Waals surface area contributed by atoms with Gasteiger partial charge in [-0.2, -0.15) is 0 Å². The zero-order chi connectivity index (χ0) is 15.8. The summed E-state index contributed by atoms with van der Waals surface area (Å²) in [5.74, 6) is 0. The lowest BCUT2D eigenvalue weighted by molar-refractivity contribution is 0.719. The number of fused-ring (bicyclic) bond motifs is 1. The third-order valence-electron chi connectivity index (χ3n) is 5.33. The molecule has 21 heavy (non-hydrogen) atoms. The molecule has 0 spiro atoms. The normalized spacial score (nSPS) is 14.3. The van der Waals surface area contributed by atoms with Crippen molar-refractivity contribution >= 4 is 19.3 Å². The molecule has 0 bridgehead atoms. The smallest absolute Gasteiger partial charge is 0.171 e. The lowest BCUT2D eigenvalue weighted by Crippen LogP contribution is -2.52. The van der Waals surface area contributed by atoms with E-state index < -0.39 is 8.24 Å². The van der Waals surface area contributed by atoms with Gasteiger partial charge in [-0.15, -0.1) is 0 Å². The molecule has 1 atom stereocenters. The maximum atomic E-state index is 4.79. The quantitative estimate of drug-likeness (QED) is 0.642. The molecule has 0 saturated heterocycles. The van der Waals surface area contributed by atoms with Gasteiger partial charge in [0.15, 0.2) is 8.24 Å². The minimum atomic E-state index is -1.71. The van der Waals surface area contributed by atoms with E-state index in [9.17, 15) is 0 Å². The van der Waals surface area contributed by atoms with Gasteiger partial charge in [0.2, 0.25) is 0 Å². The van der Waals surface area contributed by atoms with E-state index in [0.29, 0.717) is 11.1 Å². The van der Waals surface area contributed by atoms with E-state index in [4.69, 9.17) is 4.98 Å². The van der Waals surface area contributed by atoms with E-state index in [1.165, 1.54) is 23.0 Å². The van der Waals surface area contributed by atoms with Crippen molar-refractivity contribution in [1.29, 1.82) is 0 Å². The zero-order valence-corrected chi connectivity index (χ0v) is 15.6. The van der Waals surface area contributed by atoms with Crippen LogP contribution in [-0.2, 0) is 0 Å². The Kier molecular flexibility index (Phi) is 4.62. The van der Waals surface area contributed by atoms with Gasteiger partial charge < -0.3 is 4.23 Å². The molecule has 0 fully saturated rings. The fourth-order valence-corrected chi connectivity index (χ4v) is 11.1. The van der Waals surface area contributed by atoms with Gasteiger partial charge in [-0.3, -0.25) is 0 Å². The average molecular weight is 303 g/mol. The molecule has 0 aliphatic heterocycles. The fraction of sp³-hybridized carbons (Fsp3) is 0.611. The summed E-state index contributed by atoms with van der Waals surface area (Å²) < 4.78 is 2.60. The summed E-state index contributed by atoms with van der Waals surface area (Å²) in [5.41, 5.74) is 4.58. The highest BCUT2D eigenvalue weighted by Gasteiger charge is 2.46. The zero-order valence-electron chi connectivity index (χ0n) is 14.6. The van der Waals surface area contributed by atoms with Crippen LogP contribution in [0.15, 0.2) is 24.5 Å². The summed E-state index contributed by atoms with van der Waals surface area (Å²) in [6, 6.07) is 4.51. The highest BCUT2D eigenvalue weighted by molar-refractivity contribution is 6.82. The topological polar surface area (TPSA) is 17.8 Å². The lowest BCUT2D eigenvalue weighted by Gasteiger charge is -2.45. The van der Waals surface area contributed by atoms with Gasteiger partial charge in [-0.25, -0.2) is 4.98 Å². The number of hydrogen-bond acceptors (Lipinski definition) is 1. The molecule has 0 aliphatic carbocycles. The lowest BCUT2D eigenvalue weighted by atomic mass is 10.2. The molecular weight excluding hydrogens is 272 g/mol. The molecule has 0 radical (unpaired) electrons. The van der Waals surface area contributed by atoms with Crippen LogP contribution in [0.1, 0.15) is 53.5 Å². The molecule has 116 valence electrons. The first-order chi connectivity index (χ1) is 9.85. The molecule has 2 rings (SSSR count). The summed E-state index contributed by atoms with van der Waals surface area (Å²) in [6.07, 6.45) is 5.57. The number of hydrogen-bond donors (Lipinski definition) is 0. The van der Waals surface area contributed by atoms with Crippen LogP contribution in [0, 0.1) is 6.92 Å². The van der Waals surface area contributed by atoms with Crippen LogP contribution in [0.2, 0.25) is 16.6 Å². The monoisotopic (exact) mass is 302 g/mol. The molecule has 3 heteroatoms. The second-order valence-electron chi connectivity index (χ2n) is 7.12. The Morgan fingerprint density at radius 1 is 1.14 bits per heavy atom. The molecule has 0 N–H and O–H groups in total. The predicted octanol–water partition coefficient (Wildman–Crippen LogP) is 5.76. The first-order valence-electron chi connectivity index (χ1n) is 8.29. The highest BCUT2D eigenvalue weighted by Crippen LogP contribution is 2.45. The summed E-state index contributed by atoms with van der Waals surface area (Å²) in [6.45, 7) is 16.6. The molecule has 2 heterocycles. The second kappa shape index (κ2) is 5.96. The Morgan fingerprint density at radius 2 is 1.76 bits per heavy atom. The molecular formula is C18H30N2Si. The van der Waals surface area contributed by atoms with Crippen LogP contribution in [0.3, 0.4) is 0 Å². The SMILES string of the molecule is CCC(C)[Si](C(C)C)(C(C)C)n1ccc2cc(C)cnc21. The Hall–Kier alpha value is -1.09. The van der Waals surface area contributed by atoms with Gasteiger partial charge in [0.25, 0.3) is 0 Å². The largest absolute Gasteiger partial charge is 0.359 e. The van der Waals surface area contributed by atoms with E-state index in [1.807, 2.05) is 6.20 Å². The maximum absolute atomic E-state index is 4.79. The van der Waals surface area contributed by atoms with Crippen molar-refractivity contribution in [3.05, 3.63) is 30.1 Å². The van der Waals surface area contributed by atoms with Crippen LogP contribution in [0.25, 0.3) is 11.0 Å². The van der Waals surface area contributed by atoms with Crippen molar-refractivity contribution in [2.75, 3.05) is 0 Å².